The maximum absolute atomic E-state index is 11.9. The van der Waals surface area contributed by atoms with Gasteiger partial charge in [-0.3, -0.25) is 9.59 Å². The zero-order valence-corrected chi connectivity index (χ0v) is 9.83. The summed E-state index contributed by atoms with van der Waals surface area (Å²) in [5.74, 6) is -0.811. The molecule has 1 unspecified atom stereocenters. The van der Waals surface area contributed by atoms with Gasteiger partial charge in [0, 0.05) is 24.7 Å². The van der Waals surface area contributed by atoms with Gasteiger partial charge in [0.1, 0.15) is 6.10 Å². The van der Waals surface area contributed by atoms with Gasteiger partial charge in [-0.25, -0.2) is 0 Å². The monoisotopic (exact) mass is 278 g/mol. The van der Waals surface area contributed by atoms with Gasteiger partial charge in [0.25, 0.3) is 0 Å². The summed E-state index contributed by atoms with van der Waals surface area (Å²) >= 11 is 0. The average Bonchev–Trinajstić information content (AvgIpc) is 2.32. The highest BCUT2D eigenvalue weighted by Crippen LogP contribution is 2.21. The Kier molecular flexibility index (Phi) is 5.11. The number of hydrogen-bond acceptors (Lipinski definition) is 3. The van der Waals surface area contributed by atoms with Crippen molar-refractivity contribution in [3.05, 3.63) is 34.2 Å². The van der Waals surface area contributed by atoms with Crippen molar-refractivity contribution in [1.29, 1.82) is 0 Å². The van der Waals surface area contributed by atoms with Crippen molar-refractivity contribution >= 4 is 5.91 Å². The molecule has 0 aromatic carbocycles. The zero-order chi connectivity index (χ0) is 14.5. The van der Waals surface area contributed by atoms with Gasteiger partial charge in [0.05, 0.1) is 6.42 Å². The Morgan fingerprint density at radius 2 is 2.11 bits per heavy atom. The summed E-state index contributed by atoms with van der Waals surface area (Å²) in [6, 6.07) is 4.11. The van der Waals surface area contributed by atoms with Crippen LogP contribution < -0.4 is 10.9 Å². The van der Waals surface area contributed by atoms with E-state index in [1.54, 1.807) is 0 Å². The summed E-state index contributed by atoms with van der Waals surface area (Å²) in [6.07, 6.45) is -7.47. The quantitative estimate of drug-likeness (QED) is 0.747. The van der Waals surface area contributed by atoms with Crippen LogP contribution >= 0.6 is 0 Å². The molecule has 0 aliphatic heterocycles. The number of carbonyl (C=O) groups excluding carboxylic acids is 1. The van der Waals surface area contributed by atoms with Crippen LogP contribution in [0.3, 0.4) is 0 Å². The number of carbonyl (C=O) groups is 1. The van der Waals surface area contributed by atoms with Crippen LogP contribution in [0.5, 0.6) is 0 Å². The van der Waals surface area contributed by atoms with E-state index in [0.29, 0.717) is 0 Å². The lowest BCUT2D eigenvalue weighted by Gasteiger charge is -2.12. The highest BCUT2D eigenvalue weighted by atomic mass is 19.4. The number of nitrogens with one attached hydrogen (secondary N) is 2. The number of halogens is 3. The van der Waals surface area contributed by atoms with Crippen molar-refractivity contribution in [2.75, 3.05) is 6.54 Å². The number of hydrogen-bond donors (Lipinski definition) is 3. The summed E-state index contributed by atoms with van der Waals surface area (Å²) in [5, 5.41) is 11.8. The van der Waals surface area contributed by atoms with Gasteiger partial charge in [-0.05, 0) is 6.07 Å². The van der Waals surface area contributed by atoms with Crippen LogP contribution in [-0.4, -0.2) is 28.7 Å². The first-order valence-corrected chi connectivity index (χ1v) is 5.48. The molecule has 0 saturated heterocycles. The predicted octanol–water partition coefficient (Wildman–Crippen LogP) is 0.867. The largest absolute Gasteiger partial charge is 0.389 e. The van der Waals surface area contributed by atoms with Crippen LogP contribution in [0, 0.1) is 0 Å². The molecule has 1 heterocycles. The molecule has 0 bridgehead atoms. The molecule has 1 rings (SSSR count). The van der Waals surface area contributed by atoms with Crippen molar-refractivity contribution < 1.29 is 23.1 Å². The van der Waals surface area contributed by atoms with E-state index in [-0.39, 0.29) is 12.2 Å². The summed E-state index contributed by atoms with van der Waals surface area (Å²) in [4.78, 5) is 24.4. The van der Waals surface area contributed by atoms with Gasteiger partial charge >= 0.3 is 6.18 Å². The molecule has 0 aliphatic rings. The summed E-state index contributed by atoms with van der Waals surface area (Å²) < 4.78 is 35.6. The Labute approximate surface area is 106 Å². The Morgan fingerprint density at radius 1 is 1.42 bits per heavy atom. The number of amides is 1. The van der Waals surface area contributed by atoms with Crippen molar-refractivity contribution in [2.45, 2.75) is 25.1 Å². The molecule has 0 spiro atoms. The summed E-state index contributed by atoms with van der Waals surface area (Å²) in [5.41, 5.74) is -0.233. The van der Waals surface area contributed by atoms with Crippen LogP contribution in [-0.2, 0) is 4.79 Å². The second-order valence-corrected chi connectivity index (χ2v) is 3.91. The van der Waals surface area contributed by atoms with Crippen LogP contribution in [0.4, 0.5) is 13.2 Å². The molecule has 8 heteroatoms. The zero-order valence-electron chi connectivity index (χ0n) is 9.83. The van der Waals surface area contributed by atoms with Crippen LogP contribution in [0.25, 0.3) is 0 Å². The lowest BCUT2D eigenvalue weighted by atomic mass is 10.2. The van der Waals surface area contributed by atoms with Gasteiger partial charge in [0.15, 0.2) is 0 Å². The summed E-state index contributed by atoms with van der Waals surface area (Å²) in [7, 11) is 0. The molecule has 0 saturated carbocycles. The molecule has 3 N–H and O–H groups in total. The number of aliphatic hydroxyl groups excluding tert-OH is 1. The Morgan fingerprint density at radius 3 is 2.68 bits per heavy atom. The second-order valence-electron chi connectivity index (χ2n) is 3.91. The first-order chi connectivity index (χ1) is 8.78. The fraction of sp³-hybridized carbons (Fsp3) is 0.455. The number of aromatic amines is 1. The van der Waals surface area contributed by atoms with E-state index in [0.717, 1.165) is 0 Å². The average molecular weight is 278 g/mol. The number of aliphatic hydroxyl groups is 1. The van der Waals surface area contributed by atoms with Crippen LogP contribution in [0.1, 0.15) is 24.6 Å². The van der Waals surface area contributed by atoms with Gasteiger partial charge in [-0.2, -0.15) is 13.2 Å². The normalized spacial score (nSPS) is 13.1. The number of pyridine rings is 1. The Balaban J connectivity index is 2.40. The third-order valence-electron chi connectivity index (χ3n) is 2.28. The first kappa shape index (κ1) is 15.2. The standard InChI is InChI=1S/C11H13F3N2O3/c12-11(13,14)5-4-9(18)15-6-8(17)7-2-1-3-10(19)16-7/h1-3,8,17H,4-6H2,(H,15,18)(H,16,19). The lowest BCUT2D eigenvalue weighted by molar-refractivity contribution is -0.144. The minimum Gasteiger partial charge on any atom is -0.385 e. The molecule has 5 nitrogen and oxygen atoms in total. The molecule has 1 aromatic rings. The van der Waals surface area contributed by atoms with Crippen LogP contribution in [0.2, 0.25) is 0 Å². The highest BCUT2D eigenvalue weighted by molar-refractivity contribution is 5.75. The predicted molar refractivity (Wildman–Crippen MR) is 60.3 cm³/mol. The molecule has 0 aliphatic carbocycles. The molecule has 106 valence electrons. The van der Waals surface area contributed by atoms with Crippen molar-refractivity contribution in [3.8, 4) is 0 Å². The molecular weight excluding hydrogens is 265 g/mol. The third-order valence-corrected chi connectivity index (χ3v) is 2.28. The number of aromatic nitrogens is 1. The molecule has 1 amide bonds. The summed E-state index contributed by atoms with van der Waals surface area (Å²) in [6.45, 7) is -0.267. The smallest absolute Gasteiger partial charge is 0.385 e. The number of H-pyrrole nitrogens is 1. The van der Waals surface area contributed by atoms with E-state index in [4.69, 9.17) is 0 Å². The Bertz CT molecular complexity index is 485. The fourth-order valence-electron chi connectivity index (χ4n) is 1.32. The van der Waals surface area contributed by atoms with Crippen LogP contribution in [0.15, 0.2) is 23.0 Å². The van der Waals surface area contributed by atoms with E-state index in [1.165, 1.54) is 18.2 Å². The number of rotatable bonds is 5. The van der Waals surface area contributed by atoms with Crippen molar-refractivity contribution in [3.63, 3.8) is 0 Å². The molecular formula is C11H13F3N2O3. The molecule has 1 aromatic heterocycles. The fourth-order valence-corrected chi connectivity index (χ4v) is 1.32. The Hall–Kier alpha value is -1.83. The topological polar surface area (TPSA) is 82.2 Å². The van der Waals surface area contributed by atoms with Gasteiger partial charge in [0.2, 0.25) is 11.5 Å². The van der Waals surface area contributed by atoms with Gasteiger partial charge in [-0.15, -0.1) is 0 Å². The second kappa shape index (κ2) is 6.37. The van der Waals surface area contributed by atoms with E-state index >= 15 is 0 Å². The highest BCUT2D eigenvalue weighted by Gasteiger charge is 2.27. The maximum Gasteiger partial charge on any atom is 0.389 e. The van der Waals surface area contributed by atoms with Crippen molar-refractivity contribution in [1.82, 2.24) is 10.3 Å². The van der Waals surface area contributed by atoms with Crippen molar-refractivity contribution in [2.24, 2.45) is 0 Å². The van der Waals surface area contributed by atoms with E-state index in [1.807, 2.05) is 0 Å². The SMILES string of the molecule is O=C(CCC(F)(F)F)NCC(O)c1cccc(=O)[nH]1. The van der Waals surface area contributed by atoms with E-state index in [2.05, 4.69) is 10.3 Å². The molecule has 19 heavy (non-hydrogen) atoms. The van der Waals surface area contributed by atoms with E-state index in [9.17, 15) is 27.9 Å². The van der Waals surface area contributed by atoms with Gasteiger partial charge in [-0.1, -0.05) is 6.07 Å². The maximum atomic E-state index is 11.9. The number of alkyl halides is 3. The minimum absolute atomic E-state index is 0.184. The third kappa shape index (κ3) is 6.05. The first-order valence-electron chi connectivity index (χ1n) is 5.48. The van der Waals surface area contributed by atoms with Gasteiger partial charge < -0.3 is 15.4 Å². The minimum atomic E-state index is -4.39. The molecule has 1 atom stereocenters. The van der Waals surface area contributed by atoms with E-state index < -0.39 is 36.6 Å². The molecule has 0 radical (unpaired) electrons. The molecule has 0 fully saturated rings. The lowest BCUT2D eigenvalue weighted by Crippen LogP contribution is -2.30.